The molecule has 1 aliphatic carbocycles. The van der Waals surface area contributed by atoms with Crippen molar-refractivity contribution in [1.82, 2.24) is 5.32 Å². The number of amides is 2. The molecule has 5 nitrogen and oxygen atoms in total. The van der Waals surface area contributed by atoms with Crippen LogP contribution < -0.4 is 15.8 Å². The number of carbonyl (C=O) groups excluding carboxylic acids is 2. The van der Waals surface area contributed by atoms with Crippen molar-refractivity contribution in [2.24, 2.45) is 17.6 Å². The number of hydrogen-bond donors (Lipinski definition) is 2. The Morgan fingerprint density at radius 3 is 2.65 bits per heavy atom. The Balaban J connectivity index is 1.95. The van der Waals surface area contributed by atoms with Gasteiger partial charge >= 0.3 is 0 Å². The van der Waals surface area contributed by atoms with E-state index in [1.54, 1.807) is 19.1 Å². The number of ether oxygens (including phenoxy) is 1. The Labute approximate surface area is 137 Å². The molecule has 2 unspecified atom stereocenters. The van der Waals surface area contributed by atoms with Gasteiger partial charge in [-0.1, -0.05) is 13.0 Å². The lowest BCUT2D eigenvalue weighted by Gasteiger charge is -2.17. The van der Waals surface area contributed by atoms with E-state index in [0.717, 1.165) is 17.9 Å². The molecule has 1 aromatic rings. The molecule has 1 aromatic carbocycles. The molecule has 5 heteroatoms. The van der Waals surface area contributed by atoms with E-state index in [0.29, 0.717) is 17.9 Å². The molecule has 23 heavy (non-hydrogen) atoms. The number of aryl methyl sites for hydroxylation is 1. The monoisotopic (exact) mass is 318 g/mol. The number of rotatable bonds is 8. The first-order chi connectivity index (χ1) is 10.9. The minimum atomic E-state index is -0.350. The second kappa shape index (κ2) is 7.49. The van der Waals surface area contributed by atoms with Gasteiger partial charge in [-0.25, -0.2) is 0 Å². The number of hydrogen-bond acceptors (Lipinski definition) is 3. The highest BCUT2D eigenvalue weighted by molar-refractivity contribution is 5.95. The zero-order valence-corrected chi connectivity index (χ0v) is 14.1. The standard InChI is InChI=1S/C18H26N2O3/c1-11-4-7-15(9-16(11)23-10-14-5-6-14)18(22)20-13(3)8-12(2)17(19)21/h4,7,9,12-14H,5-6,8,10H2,1-3H3,(H2,19,21)(H,20,22). The molecular weight excluding hydrogens is 292 g/mol. The van der Waals surface area contributed by atoms with Crippen molar-refractivity contribution in [2.75, 3.05) is 6.61 Å². The van der Waals surface area contributed by atoms with Crippen molar-refractivity contribution in [3.05, 3.63) is 29.3 Å². The van der Waals surface area contributed by atoms with Gasteiger partial charge in [-0.05, 0) is 56.7 Å². The third-order valence-corrected chi connectivity index (χ3v) is 4.19. The van der Waals surface area contributed by atoms with E-state index in [1.807, 2.05) is 19.9 Å². The molecule has 0 heterocycles. The van der Waals surface area contributed by atoms with E-state index >= 15 is 0 Å². The van der Waals surface area contributed by atoms with Gasteiger partial charge in [0.2, 0.25) is 5.91 Å². The van der Waals surface area contributed by atoms with Gasteiger partial charge in [-0.2, -0.15) is 0 Å². The molecule has 0 radical (unpaired) electrons. The van der Waals surface area contributed by atoms with Gasteiger partial charge in [0, 0.05) is 17.5 Å². The summed E-state index contributed by atoms with van der Waals surface area (Å²) in [4.78, 5) is 23.4. The summed E-state index contributed by atoms with van der Waals surface area (Å²) >= 11 is 0. The Kier molecular flexibility index (Phi) is 5.64. The first-order valence-electron chi connectivity index (χ1n) is 8.20. The van der Waals surface area contributed by atoms with E-state index in [1.165, 1.54) is 12.8 Å². The Morgan fingerprint density at radius 2 is 2.04 bits per heavy atom. The van der Waals surface area contributed by atoms with Crippen molar-refractivity contribution < 1.29 is 14.3 Å². The maximum Gasteiger partial charge on any atom is 0.251 e. The van der Waals surface area contributed by atoms with Gasteiger partial charge < -0.3 is 15.8 Å². The molecule has 1 aliphatic rings. The van der Waals surface area contributed by atoms with Gasteiger partial charge in [0.05, 0.1) is 6.61 Å². The summed E-state index contributed by atoms with van der Waals surface area (Å²) < 4.78 is 5.81. The largest absolute Gasteiger partial charge is 0.493 e. The first-order valence-corrected chi connectivity index (χ1v) is 8.20. The van der Waals surface area contributed by atoms with Gasteiger partial charge in [-0.15, -0.1) is 0 Å². The lowest BCUT2D eigenvalue weighted by atomic mass is 10.0. The van der Waals surface area contributed by atoms with Crippen LogP contribution >= 0.6 is 0 Å². The van der Waals surface area contributed by atoms with Crippen LogP contribution in [0.2, 0.25) is 0 Å². The average molecular weight is 318 g/mol. The van der Waals surface area contributed by atoms with Crippen molar-refractivity contribution in [1.29, 1.82) is 0 Å². The lowest BCUT2D eigenvalue weighted by molar-refractivity contribution is -0.121. The van der Waals surface area contributed by atoms with Crippen molar-refractivity contribution in [3.63, 3.8) is 0 Å². The van der Waals surface area contributed by atoms with Crippen LogP contribution in [-0.4, -0.2) is 24.5 Å². The molecule has 0 saturated heterocycles. The van der Waals surface area contributed by atoms with Crippen LogP contribution in [0, 0.1) is 18.8 Å². The SMILES string of the molecule is Cc1ccc(C(=O)NC(C)CC(C)C(N)=O)cc1OCC1CC1. The van der Waals surface area contributed by atoms with Gasteiger partial charge in [0.15, 0.2) is 0 Å². The summed E-state index contributed by atoms with van der Waals surface area (Å²) in [5.41, 5.74) is 6.85. The van der Waals surface area contributed by atoms with E-state index < -0.39 is 0 Å². The summed E-state index contributed by atoms with van der Waals surface area (Å²) in [5, 5.41) is 2.90. The number of primary amides is 1. The molecule has 2 atom stereocenters. The maximum atomic E-state index is 12.3. The molecule has 0 aliphatic heterocycles. The number of nitrogens with two attached hydrogens (primary N) is 1. The van der Waals surface area contributed by atoms with Gasteiger partial charge in [0.25, 0.3) is 5.91 Å². The van der Waals surface area contributed by atoms with E-state index in [2.05, 4.69) is 5.32 Å². The fourth-order valence-corrected chi connectivity index (χ4v) is 2.40. The molecule has 0 bridgehead atoms. The molecule has 1 fully saturated rings. The fourth-order valence-electron chi connectivity index (χ4n) is 2.40. The van der Waals surface area contributed by atoms with E-state index in [9.17, 15) is 9.59 Å². The highest BCUT2D eigenvalue weighted by Gasteiger charge is 2.22. The van der Waals surface area contributed by atoms with Crippen molar-refractivity contribution in [2.45, 2.75) is 46.1 Å². The highest BCUT2D eigenvalue weighted by atomic mass is 16.5. The highest BCUT2D eigenvalue weighted by Crippen LogP contribution is 2.30. The molecular formula is C18H26N2O3. The predicted molar refractivity (Wildman–Crippen MR) is 89.3 cm³/mol. The van der Waals surface area contributed by atoms with Gasteiger partial charge in [-0.3, -0.25) is 9.59 Å². The summed E-state index contributed by atoms with van der Waals surface area (Å²) in [6, 6.07) is 5.35. The van der Waals surface area contributed by atoms with Crippen molar-refractivity contribution in [3.8, 4) is 5.75 Å². The summed E-state index contributed by atoms with van der Waals surface area (Å²) in [5.74, 6) is 0.660. The first kappa shape index (κ1) is 17.3. The third kappa shape index (κ3) is 5.27. The number of benzene rings is 1. The normalized spacial score (nSPS) is 16.5. The maximum absolute atomic E-state index is 12.3. The summed E-state index contributed by atoms with van der Waals surface area (Å²) in [6.45, 7) is 6.33. The quantitative estimate of drug-likeness (QED) is 0.772. The smallest absolute Gasteiger partial charge is 0.251 e. The van der Waals surface area contributed by atoms with Crippen LogP contribution in [0.5, 0.6) is 5.75 Å². The second-order valence-corrected chi connectivity index (χ2v) is 6.65. The molecule has 0 aromatic heterocycles. The van der Waals surface area contributed by atoms with E-state index in [-0.39, 0.29) is 23.8 Å². The number of nitrogens with one attached hydrogen (secondary N) is 1. The number of carbonyl (C=O) groups is 2. The van der Waals surface area contributed by atoms with E-state index in [4.69, 9.17) is 10.5 Å². The zero-order valence-electron chi connectivity index (χ0n) is 14.1. The Morgan fingerprint density at radius 1 is 1.35 bits per heavy atom. The predicted octanol–water partition coefficient (Wildman–Crippen LogP) is 2.41. The molecule has 3 N–H and O–H groups in total. The van der Waals surface area contributed by atoms with Crippen LogP contribution in [-0.2, 0) is 4.79 Å². The zero-order chi connectivity index (χ0) is 17.0. The molecule has 2 amide bonds. The minimum Gasteiger partial charge on any atom is -0.493 e. The van der Waals surface area contributed by atoms with Crippen LogP contribution in [0.25, 0.3) is 0 Å². The second-order valence-electron chi connectivity index (χ2n) is 6.65. The Hall–Kier alpha value is -2.04. The molecule has 126 valence electrons. The molecule has 0 spiro atoms. The van der Waals surface area contributed by atoms with Crippen LogP contribution in [0.15, 0.2) is 18.2 Å². The molecule has 1 saturated carbocycles. The van der Waals surface area contributed by atoms with Gasteiger partial charge in [0.1, 0.15) is 5.75 Å². The van der Waals surface area contributed by atoms with Crippen LogP contribution in [0.3, 0.4) is 0 Å². The minimum absolute atomic E-state index is 0.123. The summed E-state index contributed by atoms with van der Waals surface area (Å²) in [6.07, 6.45) is 2.99. The molecule has 2 rings (SSSR count). The topological polar surface area (TPSA) is 81.4 Å². The fraction of sp³-hybridized carbons (Fsp3) is 0.556. The van der Waals surface area contributed by atoms with Crippen LogP contribution in [0.1, 0.15) is 49.0 Å². The van der Waals surface area contributed by atoms with Crippen LogP contribution in [0.4, 0.5) is 0 Å². The van der Waals surface area contributed by atoms with Crippen molar-refractivity contribution >= 4 is 11.8 Å². The average Bonchev–Trinajstić information content (AvgIpc) is 3.30. The Bertz CT molecular complexity index is 582. The third-order valence-electron chi connectivity index (χ3n) is 4.19. The lowest BCUT2D eigenvalue weighted by Crippen LogP contribution is -2.36. The summed E-state index contributed by atoms with van der Waals surface area (Å²) in [7, 11) is 0.